The number of anilines is 1. The van der Waals surface area contributed by atoms with E-state index in [1.807, 2.05) is 0 Å². The molecule has 2 heterocycles. The molecule has 0 aliphatic carbocycles. The standard InChI is InChI=1S/C10H14N4OS/c1-7-6-15-5-4-14(7)10-12-3-2-8(13-10)9(11)16/h2-3,7H,4-6H2,1H3,(H2,11,16). The van der Waals surface area contributed by atoms with Crippen molar-refractivity contribution in [3.63, 3.8) is 0 Å². The van der Waals surface area contributed by atoms with E-state index in [2.05, 4.69) is 21.8 Å². The third kappa shape index (κ3) is 2.28. The van der Waals surface area contributed by atoms with Gasteiger partial charge in [0.2, 0.25) is 5.95 Å². The molecule has 1 aliphatic heterocycles. The Morgan fingerprint density at radius 2 is 2.50 bits per heavy atom. The molecule has 16 heavy (non-hydrogen) atoms. The lowest BCUT2D eigenvalue weighted by Crippen LogP contribution is -2.44. The van der Waals surface area contributed by atoms with Gasteiger partial charge in [0.15, 0.2) is 0 Å². The monoisotopic (exact) mass is 238 g/mol. The second-order valence-corrected chi connectivity index (χ2v) is 4.16. The minimum atomic E-state index is 0.273. The van der Waals surface area contributed by atoms with Crippen molar-refractivity contribution in [2.45, 2.75) is 13.0 Å². The maximum absolute atomic E-state index is 5.54. The van der Waals surface area contributed by atoms with Gasteiger partial charge in [0, 0.05) is 12.7 Å². The van der Waals surface area contributed by atoms with Gasteiger partial charge in [0.05, 0.1) is 19.3 Å². The van der Waals surface area contributed by atoms with Crippen LogP contribution >= 0.6 is 12.2 Å². The fourth-order valence-electron chi connectivity index (χ4n) is 1.65. The highest BCUT2D eigenvalue weighted by Gasteiger charge is 2.21. The lowest BCUT2D eigenvalue weighted by molar-refractivity contribution is 0.0981. The van der Waals surface area contributed by atoms with Crippen LogP contribution in [0, 0.1) is 0 Å². The van der Waals surface area contributed by atoms with Crippen LogP contribution in [0.4, 0.5) is 5.95 Å². The largest absolute Gasteiger partial charge is 0.388 e. The number of morpholine rings is 1. The Labute approximate surface area is 99.6 Å². The van der Waals surface area contributed by atoms with Crippen molar-refractivity contribution in [1.82, 2.24) is 9.97 Å². The summed E-state index contributed by atoms with van der Waals surface area (Å²) in [5.74, 6) is 0.668. The van der Waals surface area contributed by atoms with Crippen LogP contribution in [-0.2, 0) is 4.74 Å². The second kappa shape index (κ2) is 4.71. The van der Waals surface area contributed by atoms with Gasteiger partial charge in [-0.15, -0.1) is 0 Å². The van der Waals surface area contributed by atoms with Crippen molar-refractivity contribution in [3.05, 3.63) is 18.0 Å². The van der Waals surface area contributed by atoms with Gasteiger partial charge in [-0.05, 0) is 13.0 Å². The number of nitrogens with two attached hydrogens (primary N) is 1. The van der Waals surface area contributed by atoms with Crippen molar-refractivity contribution in [2.75, 3.05) is 24.7 Å². The molecule has 1 aliphatic rings. The molecular weight excluding hydrogens is 224 g/mol. The smallest absolute Gasteiger partial charge is 0.226 e. The van der Waals surface area contributed by atoms with Crippen molar-refractivity contribution in [2.24, 2.45) is 5.73 Å². The van der Waals surface area contributed by atoms with E-state index in [-0.39, 0.29) is 6.04 Å². The maximum Gasteiger partial charge on any atom is 0.226 e. The molecule has 1 fully saturated rings. The normalized spacial score (nSPS) is 20.8. The minimum absolute atomic E-state index is 0.273. The molecule has 1 aromatic rings. The Hall–Kier alpha value is -1.27. The zero-order valence-corrected chi connectivity index (χ0v) is 9.91. The summed E-state index contributed by atoms with van der Waals surface area (Å²) in [7, 11) is 0. The summed E-state index contributed by atoms with van der Waals surface area (Å²) >= 11 is 4.90. The third-order valence-electron chi connectivity index (χ3n) is 2.52. The van der Waals surface area contributed by atoms with Crippen molar-refractivity contribution in [3.8, 4) is 0 Å². The van der Waals surface area contributed by atoms with Crippen molar-refractivity contribution >= 4 is 23.2 Å². The van der Waals surface area contributed by atoms with Crippen LogP contribution in [0.5, 0.6) is 0 Å². The van der Waals surface area contributed by atoms with Crippen LogP contribution in [0.15, 0.2) is 12.3 Å². The Morgan fingerprint density at radius 3 is 3.19 bits per heavy atom. The summed E-state index contributed by atoms with van der Waals surface area (Å²) in [6.45, 7) is 4.27. The lowest BCUT2D eigenvalue weighted by atomic mass is 10.3. The number of hydrogen-bond acceptors (Lipinski definition) is 5. The zero-order chi connectivity index (χ0) is 11.5. The van der Waals surface area contributed by atoms with E-state index in [1.54, 1.807) is 12.3 Å². The fraction of sp³-hybridized carbons (Fsp3) is 0.500. The van der Waals surface area contributed by atoms with Crippen LogP contribution in [0.25, 0.3) is 0 Å². The molecule has 0 saturated carbocycles. The van der Waals surface area contributed by atoms with E-state index in [0.29, 0.717) is 29.8 Å². The molecule has 0 spiro atoms. The average molecular weight is 238 g/mol. The van der Waals surface area contributed by atoms with E-state index < -0.39 is 0 Å². The first-order chi connectivity index (χ1) is 7.68. The van der Waals surface area contributed by atoms with Crippen LogP contribution in [0.2, 0.25) is 0 Å². The highest BCUT2D eigenvalue weighted by molar-refractivity contribution is 7.80. The summed E-state index contributed by atoms with van der Waals surface area (Å²) in [5, 5.41) is 0. The number of hydrogen-bond donors (Lipinski definition) is 1. The SMILES string of the molecule is CC1COCCN1c1nccc(C(N)=S)n1. The summed E-state index contributed by atoms with van der Waals surface area (Å²) < 4.78 is 5.36. The van der Waals surface area contributed by atoms with Gasteiger partial charge in [-0.2, -0.15) is 0 Å². The molecule has 2 N–H and O–H groups in total. The molecular formula is C10H14N4OS. The molecule has 1 saturated heterocycles. The quantitative estimate of drug-likeness (QED) is 0.749. The number of nitrogens with zero attached hydrogens (tertiary/aromatic N) is 3. The maximum atomic E-state index is 5.54. The molecule has 5 nitrogen and oxygen atoms in total. The first-order valence-electron chi connectivity index (χ1n) is 5.15. The van der Waals surface area contributed by atoms with Crippen molar-refractivity contribution < 1.29 is 4.74 Å². The number of thiocarbonyl (C=S) groups is 1. The summed E-state index contributed by atoms with van der Waals surface area (Å²) in [5.41, 5.74) is 6.15. The fourth-order valence-corrected chi connectivity index (χ4v) is 1.76. The van der Waals surface area contributed by atoms with Crippen LogP contribution < -0.4 is 10.6 Å². The van der Waals surface area contributed by atoms with Gasteiger partial charge < -0.3 is 15.4 Å². The third-order valence-corrected chi connectivity index (χ3v) is 2.73. The molecule has 0 bridgehead atoms. The number of aromatic nitrogens is 2. The Morgan fingerprint density at radius 1 is 1.69 bits per heavy atom. The number of rotatable bonds is 2. The summed E-state index contributed by atoms with van der Waals surface area (Å²) in [4.78, 5) is 11.0. The Kier molecular flexibility index (Phi) is 3.31. The van der Waals surface area contributed by atoms with Gasteiger partial charge in [0.25, 0.3) is 0 Å². The molecule has 1 unspecified atom stereocenters. The summed E-state index contributed by atoms with van der Waals surface area (Å²) in [6, 6.07) is 1.99. The molecule has 6 heteroatoms. The first-order valence-corrected chi connectivity index (χ1v) is 5.56. The van der Waals surface area contributed by atoms with E-state index >= 15 is 0 Å². The van der Waals surface area contributed by atoms with Gasteiger partial charge >= 0.3 is 0 Å². The summed E-state index contributed by atoms with van der Waals surface area (Å²) in [6.07, 6.45) is 1.68. The molecule has 1 atom stereocenters. The zero-order valence-electron chi connectivity index (χ0n) is 9.09. The second-order valence-electron chi connectivity index (χ2n) is 3.72. The molecule has 0 radical (unpaired) electrons. The van der Waals surface area contributed by atoms with Gasteiger partial charge in [-0.3, -0.25) is 0 Å². The predicted octanol–water partition coefficient (Wildman–Crippen LogP) is 0.336. The molecule has 0 amide bonds. The molecule has 1 aromatic heterocycles. The molecule has 86 valence electrons. The topological polar surface area (TPSA) is 64.3 Å². The van der Waals surface area contributed by atoms with Gasteiger partial charge in [-0.25, -0.2) is 9.97 Å². The highest BCUT2D eigenvalue weighted by atomic mass is 32.1. The molecule has 2 rings (SSSR count). The Bertz CT molecular complexity index is 398. The first kappa shape index (κ1) is 11.2. The van der Waals surface area contributed by atoms with Gasteiger partial charge in [0.1, 0.15) is 10.7 Å². The van der Waals surface area contributed by atoms with Crippen LogP contribution in [0.1, 0.15) is 12.6 Å². The van der Waals surface area contributed by atoms with E-state index in [4.69, 9.17) is 22.7 Å². The lowest BCUT2D eigenvalue weighted by Gasteiger charge is -2.33. The average Bonchev–Trinajstić information content (AvgIpc) is 2.30. The van der Waals surface area contributed by atoms with E-state index in [0.717, 1.165) is 6.54 Å². The van der Waals surface area contributed by atoms with Crippen molar-refractivity contribution in [1.29, 1.82) is 0 Å². The van der Waals surface area contributed by atoms with E-state index in [9.17, 15) is 0 Å². The predicted molar refractivity (Wildman–Crippen MR) is 65.5 cm³/mol. The molecule has 0 aromatic carbocycles. The van der Waals surface area contributed by atoms with Gasteiger partial charge in [-0.1, -0.05) is 12.2 Å². The van der Waals surface area contributed by atoms with Crippen LogP contribution in [-0.4, -0.2) is 40.8 Å². The van der Waals surface area contributed by atoms with Crippen LogP contribution in [0.3, 0.4) is 0 Å². The highest BCUT2D eigenvalue weighted by Crippen LogP contribution is 2.14. The minimum Gasteiger partial charge on any atom is -0.388 e. The Balaban J connectivity index is 2.25. The number of ether oxygens (including phenoxy) is 1. The van der Waals surface area contributed by atoms with E-state index in [1.165, 1.54) is 0 Å².